The average molecular weight is 445 g/mol. The first-order valence-electron chi connectivity index (χ1n) is 11.6. The van der Waals surface area contributed by atoms with Crippen LogP contribution in [0.4, 0.5) is 0 Å². The van der Waals surface area contributed by atoms with Gasteiger partial charge >= 0.3 is 0 Å². The van der Waals surface area contributed by atoms with Crippen LogP contribution in [-0.2, 0) is 0 Å². The van der Waals surface area contributed by atoms with Crippen LogP contribution in [0, 0.1) is 27.7 Å². The quantitative estimate of drug-likeness (QED) is 0.390. The molecule has 2 heterocycles. The maximum Gasteiger partial charge on any atom is 0.159 e. The zero-order chi connectivity index (χ0) is 23.7. The SMILES string of the molecule is Cc1cccc(C2=CC(c3ccc(-c4nc(C)cc(C)n4)cc3)=NC(c3cccc(C)c3)N2)c1. The predicted octanol–water partition coefficient (Wildman–Crippen LogP) is 6.51. The molecule has 0 spiro atoms. The fraction of sp³-hybridized carbons (Fsp3) is 0.167. The van der Waals surface area contributed by atoms with Gasteiger partial charge in [0.1, 0.15) is 6.17 Å². The molecule has 0 saturated heterocycles. The molecule has 0 bridgehead atoms. The molecule has 1 N–H and O–H groups in total. The summed E-state index contributed by atoms with van der Waals surface area (Å²) >= 11 is 0. The maximum absolute atomic E-state index is 5.09. The van der Waals surface area contributed by atoms with Crippen molar-refractivity contribution in [3.8, 4) is 11.4 Å². The molecule has 4 aromatic rings. The van der Waals surface area contributed by atoms with E-state index in [0.29, 0.717) is 0 Å². The van der Waals surface area contributed by atoms with Gasteiger partial charge in [-0.3, -0.25) is 4.99 Å². The molecular weight excluding hydrogens is 416 g/mol. The highest BCUT2D eigenvalue weighted by Crippen LogP contribution is 2.28. The molecule has 1 aliphatic heterocycles. The molecule has 0 aliphatic carbocycles. The summed E-state index contributed by atoms with van der Waals surface area (Å²) in [4.78, 5) is 14.3. The normalized spacial score (nSPS) is 15.4. The van der Waals surface area contributed by atoms with Gasteiger partial charge in [0.2, 0.25) is 0 Å². The monoisotopic (exact) mass is 444 g/mol. The van der Waals surface area contributed by atoms with Crippen LogP contribution in [0.3, 0.4) is 0 Å². The number of rotatable bonds is 4. The van der Waals surface area contributed by atoms with Crippen molar-refractivity contribution in [2.75, 3.05) is 0 Å². The molecule has 5 rings (SSSR count). The highest BCUT2D eigenvalue weighted by Gasteiger charge is 2.20. The second-order valence-electron chi connectivity index (χ2n) is 8.95. The number of aliphatic imine (C=N–C) groups is 1. The predicted molar refractivity (Wildman–Crippen MR) is 140 cm³/mol. The Hall–Kier alpha value is -4.05. The van der Waals surface area contributed by atoms with Crippen LogP contribution in [0.25, 0.3) is 17.1 Å². The van der Waals surface area contributed by atoms with Gasteiger partial charge in [0.25, 0.3) is 0 Å². The Kier molecular flexibility index (Phi) is 5.81. The molecule has 0 saturated carbocycles. The van der Waals surface area contributed by atoms with Gasteiger partial charge in [-0.15, -0.1) is 0 Å². The van der Waals surface area contributed by atoms with E-state index in [-0.39, 0.29) is 6.17 Å². The van der Waals surface area contributed by atoms with E-state index >= 15 is 0 Å². The fourth-order valence-electron chi connectivity index (χ4n) is 4.31. The topological polar surface area (TPSA) is 50.2 Å². The molecule has 4 nitrogen and oxygen atoms in total. The summed E-state index contributed by atoms with van der Waals surface area (Å²) in [6.45, 7) is 8.23. The lowest BCUT2D eigenvalue weighted by molar-refractivity contribution is 0.663. The van der Waals surface area contributed by atoms with Crippen LogP contribution >= 0.6 is 0 Å². The molecule has 1 aliphatic rings. The van der Waals surface area contributed by atoms with E-state index < -0.39 is 0 Å². The van der Waals surface area contributed by atoms with Crippen molar-refractivity contribution < 1.29 is 0 Å². The summed E-state index contributed by atoms with van der Waals surface area (Å²) in [6, 6.07) is 27.5. The number of hydrogen-bond donors (Lipinski definition) is 1. The first kappa shape index (κ1) is 21.8. The average Bonchev–Trinajstić information content (AvgIpc) is 2.83. The molecule has 1 unspecified atom stereocenters. The van der Waals surface area contributed by atoms with Crippen molar-refractivity contribution in [1.82, 2.24) is 15.3 Å². The second-order valence-corrected chi connectivity index (χ2v) is 8.95. The number of nitrogens with zero attached hydrogens (tertiary/aromatic N) is 3. The minimum Gasteiger partial charge on any atom is -0.360 e. The van der Waals surface area contributed by atoms with Gasteiger partial charge in [-0.05, 0) is 62.6 Å². The number of hydrogen-bond acceptors (Lipinski definition) is 4. The van der Waals surface area contributed by atoms with Gasteiger partial charge < -0.3 is 5.32 Å². The molecule has 0 radical (unpaired) electrons. The lowest BCUT2D eigenvalue weighted by Gasteiger charge is -2.25. The molecule has 34 heavy (non-hydrogen) atoms. The van der Waals surface area contributed by atoms with Gasteiger partial charge in [0, 0.05) is 22.6 Å². The van der Waals surface area contributed by atoms with E-state index in [1.807, 2.05) is 19.9 Å². The van der Waals surface area contributed by atoms with E-state index in [0.717, 1.165) is 50.9 Å². The number of allylic oxidation sites excluding steroid dienone is 1. The molecule has 4 heteroatoms. The van der Waals surface area contributed by atoms with E-state index in [2.05, 4.69) is 108 Å². The summed E-state index contributed by atoms with van der Waals surface area (Å²) in [6.07, 6.45) is 1.99. The minimum atomic E-state index is -0.155. The zero-order valence-corrected chi connectivity index (χ0v) is 20.0. The van der Waals surface area contributed by atoms with Crippen LogP contribution in [0.1, 0.15) is 45.4 Å². The van der Waals surface area contributed by atoms with Crippen LogP contribution in [0.5, 0.6) is 0 Å². The third-order valence-electron chi connectivity index (χ3n) is 5.95. The molecular formula is C30H28N4. The highest BCUT2D eigenvalue weighted by atomic mass is 15.1. The standard InChI is InChI=1S/C30H28N4/c1-19-7-5-9-25(15-19)28-18-27(33-30(34-28)26-10-6-8-20(2)16-26)23-11-13-24(14-12-23)29-31-21(3)17-22(4)32-29/h5-18,30,34H,1-4H3. The third kappa shape index (κ3) is 4.67. The molecule has 0 amide bonds. The fourth-order valence-corrected chi connectivity index (χ4v) is 4.31. The van der Waals surface area contributed by atoms with Gasteiger partial charge in [0.05, 0.1) is 5.71 Å². The maximum atomic E-state index is 5.09. The largest absolute Gasteiger partial charge is 0.360 e. The second kappa shape index (κ2) is 9.06. The number of benzene rings is 3. The van der Waals surface area contributed by atoms with Crippen molar-refractivity contribution in [3.05, 3.63) is 124 Å². The Bertz CT molecular complexity index is 1390. The van der Waals surface area contributed by atoms with E-state index in [4.69, 9.17) is 4.99 Å². The molecule has 1 atom stereocenters. The summed E-state index contributed by atoms with van der Waals surface area (Å²) in [5.41, 5.74) is 10.8. The summed E-state index contributed by atoms with van der Waals surface area (Å²) in [7, 11) is 0. The van der Waals surface area contributed by atoms with Crippen molar-refractivity contribution in [1.29, 1.82) is 0 Å². The van der Waals surface area contributed by atoms with E-state index in [1.54, 1.807) is 0 Å². The smallest absolute Gasteiger partial charge is 0.159 e. The third-order valence-corrected chi connectivity index (χ3v) is 5.95. The Morgan fingerprint density at radius 2 is 1.29 bits per heavy atom. The van der Waals surface area contributed by atoms with E-state index in [1.165, 1.54) is 11.1 Å². The van der Waals surface area contributed by atoms with Crippen molar-refractivity contribution >= 4 is 11.4 Å². The number of aromatic nitrogens is 2. The number of aryl methyl sites for hydroxylation is 4. The summed E-state index contributed by atoms with van der Waals surface area (Å²) < 4.78 is 0. The van der Waals surface area contributed by atoms with Crippen molar-refractivity contribution in [2.45, 2.75) is 33.9 Å². The molecule has 0 fully saturated rings. The van der Waals surface area contributed by atoms with Crippen molar-refractivity contribution in [3.63, 3.8) is 0 Å². The first-order chi connectivity index (χ1) is 16.4. The molecule has 168 valence electrons. The number of nitrogens with one attached hydrogen (secondary N) is 1. The summed E-state index contributed by atoms with van der Waals surface area (Å²) in [5, 5.41) is 3.64. The van der Waals surface area contributed by atoms with Gasteiger partial charge in [-0.25, -0.2) is 9.97 Å². The highest BCUT2D eigenvalue weighted by molar-refractivity contribution is 6.13. The Morgan fingerprint density at radius 3 is 1.97 bits per heavy atom. The van der Waals surface area contributed by atoms with Crippen LogP contribution in [0.2, 0.25) is 0 Å². The molecule has 1 aromatic heterocycles. The lowest BCUT2D eigenvalue weighted by Crippen LogP contribution is -2.25. The van der Waals surface area contributed by atoms with Crippen LogP contribution < -0.4 is 5.32 Å². The van der Waals surface area contributed by atoms with Gasteiger partial charge in [-0.1, -0.05) is 77.9 Å². The Morgan fingerprint density at radius 1 is 0.647 bits per heavy atom. The van der Waals surface area contributed by atoms with Crippen LogP contribution in [0.15, 0.2) is 89.9 Å². The van der Waals surface area contributed by atoms with Crippen molar-refractivity contribution in [2.24, 2.45) is 4.99 Å². The lowest BCUT2D eigenvalue weighted by atomic mass is 10.00. The Labute approximate surface area is 201 Å². The molecule has 3 aromatic carbocycles. The van der Waals surface area contributed by atoms with Crippen LogP contribution in [-0.4, -0.2) is 15.7 Å². The van der Waals surface area contributed by atoms with E-state index in [9.17, 15) is 0 Å². The first-order valence-corrected chi connectivity index (χ1v) is 11.6. The minimum absolute atomic E-state index is 0.155. The summed E-state index contributed by atoms with van der Waals surface area (Å²) in [5.74, 6) is 0.755. The Balaban J connectivity index is 1.55. The van der Waals surface area contributed by atoms with Gasteiger partial charge in [-0.2, -0.15) is 0 Å². The zero-order valence-electron chi connectivity index (χ0n) is 20.0. The van der Waals surface area contributed by atoms with Gasteiger partial charge in [0.15, 0.2) is 5.82 Å².